The Labute approximate surface area is 108 Å². The number of aliphatic hydroxyl groups is 1. The van der Waals surface area contributed by atoms with Gasteiger partial charge in [-0.15, -0.1) is 0 Å². The topological polar surface area (TPSA) is 47.9 Å². The highest BCUT2D eigenvalue weighted by Crippen LogP contribution is 2.33. The molecule has 4 nitrogen and oxygen atoms in total. The van der Waals surface area contributed by atoms with Crippen LogP contribution in [0.25, 0.3) is 0 Å². The zero-order valence-corrected chi connectivity index (χ0v) is 11.5. The molecule has 1 aromatic rings. The predicted molar refractivity (Wildman–Crippen MR) is 69.6 cm³/mol. The third kappa shape index (κ3) is 3.70. The smallest absolute Gasteiger partial charge is 0.159 e. The lowest BCUT2D eigenvalue weighted by Gasteiger charge is -2.29. The summed E-state index contributed by atoms with van der Waals surface area (Å²) in [7, 11) is 3.11. The van der Waals surface area contributed by atoms with Gasteiger partial charge in [-0.1, -0.05) is 18.2 Å². The molecule has 1 atom stereocenters. The third-order valence-electron chi connectivity index (χ3n) is 2.86. The molecule has 0 aromatic heterocycles. The highest BCUT2D eigenvalue weighted by molar-refractivity contribution is 5.37. The average molecular weight is 254 g/mol. The molecular formula is C14H22O4. The van der Waals surface area contributed by atoms with Gasteiger partial charge in [0.05, 0.1) is 12.2 Å². The normalized spacial score (nSPS) is 14.6. The van der Waals surface area contributed by atoms with Crippen molar-refractivity contribution < 1.29 is 19.3 Å². The minimum Gasteiger partial charge on any atom is -0.493 e. The van der Waals surface area contributed by atoms with Crippen molar-refractivity contribution in [1.29, 1.82) is 0 Å². The Hall–Kier alpha value is -1.10. The molecular weight excluding hydrogens is 232 g/mol. The van der Waals surface area contributed by atoms with E-state index in [1.807, 2.05) is 31.2 Å². The van der Waals surface area contributed by atoms with Crippen LogP contribution in [0.4, 0.5) is 0 Å². The molecule has 0 aliphatic carbocycles. The Morgan fingerprint density at radius 1 is 1.22 bits per heavy atom. The van der Waals surface area contributed by atoms with E-state index < -0.39 is 11.9 Å². The van der Waals surface area contributed by atoms with Gasteiger partial charge < -0.3 is 19.3 Å². The largest absolute Gasteiger partial charge is 0.493 e. The Bertz CT molecular complexity index is 359. The second-order valence-corrected chi connectivity index (χ2v) is 4.31. The van der Waals surface area contributed by atoms with E-state index in [2.05, 4.69) is 0 Å². The fourth-order valence-corrected chi connectivity index (χ4v) is 1.89. The third-order valence-corrected chi connectivity index (χ3v) is 2.86. The van der Waals surface area contributed by atoms with Gasteiger partial charge in [-0.3, -0.25) is 0 Å². The maximum absolute atomic E-state index is 10.6. The van der Waals surface area contributed by atoms with E-state index >= 15 is 0 Å². The molecule has 18 heavy (non-hydrogen) atoms. The molecule has 0 spiro atoms. The Morgan fingerprint density at radius 3 is 2.39 bits per heavy atom. The molecule has 0 radical (unpaired) electrons. The summed E-state index contributed by atoms with van der Waals surface area (Å²) in [5.41, 5.74) is -0.325. The van der Waals surface area contributed by atoms with Crippen molar-refractivity contribution in [3.8, 4) is 5.75 Å². The molecule has 0 fully saturated rings. The zero-order valence-electron chi connectivity index (χ0n) is 11.5. The summed E-state index contributed by atoms with van der Waals surface area (Å²) in [5, 5.41) is 10.6. The van der Waals surface area contributed by atoms with Crippen LogP contribution >= 0.6 is 0 Å². The van der Waals surface area contributed by atoms with Crippen molar-refractivity contribution in [2.24, 2.45) is 0 Å². The van der Waals surface area contributed by atoms with Crippen molar-refractivity contribution >= 4 is 0 Å². The first-order valence-electron chi connectivity index (χ1n) is 6.05. The number of methoxy groups -OCH3 is 2. The van der Waals surface area contributed by atoms with Crippen molar-refractivity contribution in [3.63, 3.8) is 0 Å². The molecule has 1 aromatic carbocycles. The fraction of sp³-hybridized carbons (Fsp3) is 0.571. The molecule has 0 heterocycles. The van der Waals surface area contributed by atoms with Crippen LogP contribution in [0.1, 0.15) is 25.8 Å². The van der Waals surface area contributed by atoms with E-state index in [0.717, 1.165) is 5.56 Å². The van der Waals surface area contributed by atoms with Crippen molar-refractivity contribution in [1.82, 2.24) is 0 Å². The van der Waals surface area contributed by atoms with E-state index in [-0.39, 0.29) is 0 Å². The molecule has 0 saturated carbocycles. The predicted octanol–water partition coefficient (Wildman–Crippen LogP) is 2.30. The average Bonchev–Trinajstić information content (AvgIpc) is 2.37. The quantitative estimate of drug-likeness (QED) is 0.758. The van der Waals surface area contributed by atoms with E-state index in [4.69, 9.17) is 14.2 Å². The van der Waals surface area contributed by atoms with Gasteiger partial charge in [-0.25, -0.2) is 0 Å². The summed E-state index contributed by atoms with van der Waals surface area (Å²) in [6.07, 6.45) is -0.112. The molecule has 102 valence electrons. The van der Waals surface area contributed by atoms with E-state index in [9.17, 15) is 5.11 Å². The van der Waals surface area contributed by atoms with Crippen LogP contribution in [0.15, 0.2) is 24.3 Å². The standard InChI is InChI=1S/C14H22O4/c1-5-18-12-9-7-6-8-11(12)14(2,15)10-13(16-3)17-4/h6-9,13,15H,5,10H2,1-4H3. The summed E-state index contributed by atoms with van der Waals surface area (Å²) in [5.74, 6) is 0.691. The maximum Gasteiger partial charge on any atom is 0.159 e. The second-order valence-electron chi connectivity index (χ2n) is 4.31. The molecule has 0 amide bonds. The Kier molecular flexibility index (Phi) is 5.59. The van der Waals surface area contributed by atoms with Crippen LogP contribution in [0.2, 0.25) is 0 Å². The number of rotatable bonds is 7. The molecule has 0 aliphatic rings. The van der Waals surface area contributed by atoms with Gasteiger partial charge >= 0.3 is 0 Å². The van der Waals surface area contributed by atoms with Gasteiger partial charge in [0.15, 0.2) is 6.29 Å². The maximum atomic E-state index is 10.6. The number of benzene rings is 1. The summed E-state index contributed by atoms with van der Waals surface area (Å²) >= 11 is 0. The van der Waals surface area contributed by atoms with Gasteiger partial charge in [-0.05, 0) is 19.9 Å². The van der Waals surface area contributed by atoms with E-state index in [1.165, 1.54) is 0 Å². The molecule has 0 saturated heterocycles. The first-order chi connectivity index (χ1) is 8.55. The summed E-state index contributed by atoms with van der Waals surface area (Å²) in [4.78, 5) is 0. The first kappa shape index (κ1) is 15.0. The molecule has 0 aliphatic heterocycles. The number of hydrogen-bond donors (Lipinski definition) is 1. The summed E-state index contributed by atoms with van der Waals surface area (Å²) < 4.78 is 15.8. The van der Waals surface area contributed by atoms with E-state index in [0.29, 0.717) is 18.8 Å². The van der Waals surface area contributed by atoms with Crippen molar-refractivity contribution in [2.75, 3.05) is 20.8 Å². The molecule has 0 bridgehead atoms. The van der Waals surface area contributed by atoms with Crippen LogP contribution in [0.5, 0.6) is 5.75 Å². The SMILES string of the molecule is CCOc1ccccc1C(C)(O)CC(OC)OC. The van der Waals surface area contributed by atoms with E-state index in [1.54, 1.807) is 21.1 Å². The van der Waals surface area contributed by atoms with Crippen LogP contribution in [-0.2, 0) is 15.1 Å². The zero-order chi connectivity index (χ0) is 13.6. The van der Waals surface area contributed by atoms with Gasteiger partial charge in [0.1, 0.15) is 5.75 Å². The van der Waals surface area contributed by atoms with Gasteiger partial charge in [0.2, 0.25) is 0 Å². The molecule has 4 heteroatoms. The minimum atomic E-state index is -1.07. The Balaban J connectivity index is 2.95. The fourth-order valence-electron chi connectivity index (χ4n) is 1.89. The lowest BCUT2D eigenvalue weighted by molar-refractivity contribution is -0.142. The van der Waals surface area contributed by atoms with Crippen LogP contribution < -0.4 is 4.74 Å². The van der Waals surface area contributed by atoms with Gasteiger partial charge in [0, 0.05) is 26.2 Å². The highest BCUT2D eigenvalue weighted by Gasteiger charge is 2.30. The lowest BCUT2D eigenvalue weighted by atomic mass is 9.91. The van der Waals surface area contributed by atoms with Crippen LogP contribution in [-0.4, -0.2) is 32.2 Å². The van der Waals surface area contributed by atoms with Crippen LogP contribution in [0, 0.1) is 0 Å². The monoisotopic (exact) mass is 254 g/mol. The van der Waals surface area contributed by atoms with Crippen molar-refractivity contribution in [3.05, 3.63) is 29.8 Å². The number of para-hydroxylation sites is 1. The number of ether oxygens (including phenoxy) is 3. The Morgan fingerprint density at radius 2 is 1.83 bits per heavy atom. The van der Waals surface area contributed by atoms with Crippen LogP contribution in [0.3, 0.4) is 0 Å². The number of hydrogen-bond acceptors (Lipinski definition) is 4. The molecule has 1 rings (SSSR count). The van der Waals surface area contributed by atoms with Crippen molar-refractivity contribution in [2.45, 2.75) is 32.2 Å². The molecule has 1 unspecified atom stereocenters. The first-order valence-corrected chi connectivity index (χ1v) is 6.05. The van der Waals surface area contributed by atoms with Gasteiger partial charge in [0.25, 0.3) is 0 Å². The van der Waals surface area contributed by atoms with Gasteiger partial charge in [-0.2, -0.15) is 0 Å². The lowest BCUT2D eigenvalue weighted by Crippen LogP contribution is -2.30. The highest BCUT2D eigenvalue weighted by atomic mass is 16.7. The summed E-state index contributed by atoms with van der Waals surface area (Å²) in [6.45, 7) is 4.21. The minimum absolute atomic E-state index is 0.337. The molecule has 1 N–H and O–H groups in total. The summed E-state index contributed by atoms with van der Waals surface area (Å²) in [6, 6.07) is 7.46. The second kappa shape index (κ2) is 6.73.